The molecule has 0 radical (unpaired) electrons. The highest BCUT2D eigenvalue weighted by Crippen LogP contribution is 2.24. The van der Waals surface area contributed by atoms with Crippen molar-refractivity contribution in [2.24, 2.45) is 11.7 Å². The quantitative estimate of drug-likeness (QED) is 0.620. The average molecular weight is 287 g/mol. The van der Waals surface area contributed by atoms with Crippen LogP contribution in [0.5, 0.6) is 0 Å². The summed E-state index contributed by atoms with van der Waals surface area (Å²) in [6.45, 7) is 5.47. The van der Waals surface area contributed by atoms with Crippen LogP contribution >= 0.6 is 0 Å². The van der Waals surface area contributed by atoms with Gasteiger partial charge in [0.1, 0.15) is 0 Å². The summed E-state index contributed by atoms with van der Waals surface area (Å²) in [7, 11) is 0. The lowest BCUT2D eigenvalue weighted by molar-refractivity contribution is 0.276. The SMILES string of the molecule is CCCC1CCCN(CC(C(=N)N)c2ccccc2)CC1. The van der Waals surface area contributed by atoms with Gasteiger partial charge in [-0.2, -0.15) is 0 Å². The average Bonchev–Trinajstić information content (AvgIpc) is 2.71. The van der Waals surface area contributed by atoms with E-state index in [1.54, 1.807) is 0 Å². The zero-order valence-electron chi connectivity index (χ0n) is 13.2. The molecule has 3 nitrogen and oxygen atoms in total. The first-order chi connectivity index (χ1) is 10.2. The van der Waals surface area contributed by atoms with Gasteiger partial charge < -0.3 is 10.6 Å². The van der Waals surface area contributed by atoms with Gasteiger partial charge in [-0.3, -0.25) is 5.41 Å². The Morgan fingerprint density at radius 1 is 1.29 bits per heavy atom. The van der Waals surface area contributed by atoms with Gasteiger partial charge in [-0.1, -0.05) is 50.1 Å². The smallest absolute Gasteiger partial charge is 0.0995 e. The number of amidine groups is 1. The van der Waals surface area contributed by atoms with E-state index in [4.69, 9.17) is 11.1 Å². The van der Waals surface area contributed by atoms with Crippen molar-refractivity contribution >= 4 is 5.84 Å². The molecule has 2 rings (SSSR count). The molecule has 0 bridgehead atoms. The van der Waals surface area contributed by atoms with E-state index in [9.17, 15) is 0 Å². The molecule has 21 heavy (non-hydrogen) atoms. The molecule has 1 aromatic carbocycles. The van der Waals surface area contributed by atoms with Gasteiger partial charge >= 0.3 is 0 Å². The fourth-order valence-corrected chi connectivity index (χ4v) is 3.43. The van der Waals surface area contributed by atoms with Crippen LogP contribution in [0.2, 0.25) is 0 Å². The second kappa shape index (κ2) is 8.18. The molecule has 0 spiro atoms. The second-order valence-corrected chi connectivity index (χ2v) is 6.30. The van der Waals surface area contributed by atoms with Gasteiger partial charge in [0.25, 0.3) is 0 Å². The normalized spacial score (nSPS) is 21.7. The van der Waals surface area contributed by atoms with E-state index in [2.05, 4.69) is 24.0 Å². The topological polar surface area (TPSA) is 53.1 Å². The van der Waals surface area contributed by atoms with Crippen molar-refractivity contribution in [1.29, 1.82) is 5.41 Å². The van der Waals surface area contributed by atoms with Crippen LogP contribution in [0.1, 0.15) is 50.5 Å². The predicted octanol–water partition coefficient (Wildman–Crippen LogP) is 3.61. The van der Waals surface area contributed by atoms with E-state index in [0.29, 0.717) is 0 Å². The fraction of sp³-hybridized carbons (Fsp3) is 0.611. The van der Waals surface area contributed by atoms with Crippen LogP contribution in [-0.4, -0.2) is 30.4 Å². The Labute approximate surface area is 129 Å². The lowest BCUT2D eigenvalue weighted by Crippen LogP contribution is -2.35. The Balaban J connectivity index is 1.96. The number of rotatable bonds is 6. The number of nitrogens with one attached hydrogen (secondary N) is 1. The number of nitrogens with zero attached hydrogens (tertiary/aromatic N) is 1. The monoisotopic (exact) mass is 287 g/mol. The van der Waals surface area contributed by atoms with E-state index in [0.717, 1.165) is 25.6 Å². The molecule has 1 heterocycles. The number of hydrogen-bond acceptors (Lipinski definition) is 2. The molecule has 3 N–H and O–H groups in total. The number of benzene rings is 1. The van der Waals surface area contributed by atoms with Crippen molar-refractivity contribution in [1.82, 2.24) is 4.90 Å². The molecule has 1 aliphatic rings. The van der Waals surface area contributed by atoms with Crippen LogP contribution in [0.3, 0.4) is 0 Å². The first-order valence-electron chi connectivity index (χ1n) is 8.32. The Morgan fingerprint density at radius 2 is 2.05 bits per heavy atom. The molecule has 116 valence electrons. The molecule has 0 aromatic heterocycles. The minimum Gasteiger partial charge on any atom is -0.387 e. The Bertz CT molecular complexity index is 429. The largest absolute Gasteiger partial charge is 0.387 e. The van der Waals surface area contributed by atoms with Gasteiger partial charge in [-0.05, 0) is 43.8 Å². The highest BCUT2D eigenvalue weighted by molar-refractivity contribution is 5.84. The van der Waals surface area contributed by atoms with Crippen LogP contribution < -0.4 is 5.73 Å². The number of likely N-dealkylation sites (tertiary alicyclic amines) is 1. The number of hydrogen-bond donors (Lipinski definition) is 2. The minimum absolute atomic E-state index is 0.0360. The summed E-state index contributed by atoms with van der Waals surface area (Å²) in [5.41, 5.74) is 7.02. The summed E-state index contributed by atoms with van der Waals surface area (Å²) in [6.07, 6.45) is 6.60. The fourth-order valence-electron chi connectivity index (χ4n) is 3.43. The van der Waals surface area contributed by atoms with E-state index in [-0.39, 0.29) is 11.8 Å². The summed E-state index contributed by atoms with van der Waals surface area (Å²) in [6, 6.07) is 10.3. The summed E-state index contributed by atoms with van der Waals surface area (Å²) in [5, 5.41) is 7.92. The van der Waals surface area contributed by atoms with Gasteiger partial charge in [0.2, 0.25) is 0 Å². The molecule has 0 saturated carbocycles. The summed E-state index contributed by atoms with van der Waals surface area (Å²) in [5.74, 6) is 1.22. The lowest BCUT2D eigenvalue weighted by Gasteiger charge is -2.26. The van der Waals surface area contributed by atoms with E-state index >= 15 is 0 Å². The van der Waals surface area contributed by atoms with E-state index < -0.39 is 0 Å². The lowest BCUT2D eigenvalue weighted by atomic mass is 9.96. The summed E-state index contributed by atoms with van der Waals surface area (Å²) in [4.78, 5) is 2.51. The Kier molecular flexibility index (Phi) is 6.24. The first kappa shape index (κ1) is 16.0. The third kappa shape index (κ3) is 4.85. The maximum absolute atomic E-state index is 7.92. The van der Waals surface area contributed by atoms with Crippen molar-refractivity contribution in [2.75, 3.05) is 19.6 Å². The Hall–Kier alpha value is -1.35. The molecule has 1 saturated heterocycles. The van der Waals surface area contributed by atoms with Gasteiger partial charge in [-0.15, -0.1) is 0 Å². The van der Waals surface area contributed by atoms with Crippen molar-refractivity contribution in [2.45, 2.75) is 44.9 Å². The van der Waals surface area contributed by atoms with Gasteiger partial charge in [0, 0.05) is 6.54 Å². The zero-order chi connectivity index (χ0) is 15.1. The van der Waals surface area contributed by atoms with Crippen LogP contribution in [0, 0.1) is 11.3 Å². The number of nitrogens with two attached hydrogens (primary N) is 1. The standard InChI is InChI=1S/C18H29N3/c1-2-7-15-8-6-12-21(13-11-15)14-17(18(19)20)16-9-4-3-5-10-16/h3-5,9-10,15,17H,2,6-8,11-14H2,1H3,(H3,19,20). The molecule has 1 aromatic rings. The molecule has 2 atom stereocenters. The minimum atomic E-state index is 0.0360. The van der Waals surface area contributed by atoms with Crippen molar-refractivity contribution in [3.05, 3.63) is 35.9 Å². The van der Waals surface area contributed by atoms with E-state index in [1.165, 1.54) is 37.7 Å². The third-order valence-corrected chi connectivity index (χ3v) is 4.66. The highest BCUT2D eigenvalue weighted by atomic mass is 15.1. The molecule has 0 aliphatic carbocycles. The van der Waals surface area contributed by atoms with Gasteiger partial charge in [0.15, 0.2) is 0 Å². The highest BCUT2D eigenvalue weighted by Gasteiger charge is 2.22. The molecule has 1 fully saturated rings. The van der Waals surface area contributed by atoms with Crippen molar-refractivity contribution in [3.8, 4) is 0 Å². The molecule has 2 unspecified atom stereocenters. The summed E-state index contributed by atoms with van der Waals surface area (Å²) < 4.78 is 0. The maximum atomic E-state index is 7.92. The molecular formula is C18H29N3. The molecule has 3 heteroatoms. The Morgan fingerprint density at radius 3 is 2.71 bits per heavy atom. The molecular weight excluding hydrogens is 258 g/mol. The molecule has 0 amide bonds. The summed E-state index contributed by atoms with van der Waals surface area (Å²) >= 11 is 0. The van der Waals surface area contributed by atoms with Crippen molar-refractivity contribution in [3.63, 3.8) is 0 Å². The van der Waals surface area contributed by atoms with E-state index in [1.807, 2.05) is 18.2 Å². The van der Waals surface area contributed by atoms with Crippen molar-refractivity contribution < 1.29 is 0 Å². The predicted molar refractivity (Wildman–Crippen MR) is 89.8 cm³/mol. The van der Waals surface area contributed by atoms with Crippen LogP contribution in [-0.2, 0) is 0 Å². The molecule has 1 aliphatic heterocycles. The maximum Gasteiger partial charge on any atom is 0.0995 e. The zero-order valence-corrected chi connectivity index (χ0v) is 13.2. The van der Waals surface area contributed by atoms with Gasteiger partial charge in [0.05, 0.1) is 11.8 Å². The van der Waals surface area contributed by atoms with Crippen LogP contribution in [0.25, 0.3) is 0 Å². The third-order valence-electron chi connectivity index (χ3n) is 4.66. The second-order valence-electron chi connectivity index (χ2n) is 6.30. The van der Waals surface area contributed by atoms with Crippen LogP contribution in [0.15, 0.2) is 30.3 Å². The van der Waals surface area contributed by atoms with Crippen LogP contribution in [0.4, 0.5) is 0 Å². The van der Waals surface area contributed by atoms with Gasteiger partial charge in [-0.25, -0.2) is 0 Å². The first-order valence-corrected chi connectivity index (χ1v) is 8.32.